The van der Waals surface area contributed by atoms with Crippen LogP contribution in [0.15, 0.2) is 0 Å². The molecule has 62 valence electrons. The highest BCUT2D eigenvalue weighted by Gasteiger charge is 2.21. The van der Waals surface area contributed by atoms with E-state index in [0.717, 1.165) is 14.0 Å². The highest BCUT2D eigenvalue weighted by Crippen LogP contribution is 2.41. The molecule has 0 aromatic heterocycles. The normalized spacial score (nSPS) is 14.7. The van der Waals surface area contributed by atoms with E-state index in [4.69, 9.17) is 4.89 Å². The standard InChI is InChI=1S/C3H7O5P.H3N/c1-3(4)8-9(5,6)7-2;/h1-2H3,(H,5,6);1H3. The zero-order chi connectivity index (χ0) is 7.49. The van der Waals surface area contributed by atoms with Gasteiger partial charge in [-0.25, -0.2) is 4.57 Å². The molecule has 0 heterocycles. The Bertz CT molecular complexity index is 157. The van der Waals surface area contributed by atoms with E-state index < -0.39 is 13.8 Å². The highest BCUT2D eigenvalue weighted by atomic mass is 31.2. The first-order valence-electron chi connectivity index (χ1n) is 2.06. The molecule has 0 amide bonds. The molecular formula is C3H10NO5P. The van der Waals surface area contributed by atoms with Crippen molar-refractivity contribution >= 4 is 13.8 Å². The van der Waals surface area contributed by atoms with E-state index >= 15 is 0 Å². The number of carbonyl (C=O) groups excluding carboxylic acids is 1. The third-order valence-electron chi connectivity index (χ3n) is 0.475. The molecule has 0 fully saturated rings. The Morgan fingerprint density at radius 2 is 2.00 bits per heavy atom. The Kier molecular flexibility index (Phi) is 5.41. The minimum absolute atomic E-state index is 0. The van der Waals surface area contributed by atoms with Gasteiger partial charge in [-0.3, -0.25) is 14.2 Å². The molecule has 0 aliphatic carbocycles. The molecule has 0 bridgehead atoms. The summed E-state index contributed by atoms with van der Waals surface area (Å²) in [4.78, 5) is 18.4. The lowest BCUT2D eigenvalue weighted by atomic mass is 10.9. The molecule has 0 rings (SSSR count). The molecule has 6 nitrogen and oxygen atoms in total. The van der Waals surface area contributed by atoms with Gasteiger partial charge in [-0.05, 0) is 0 Å². The monoisotopic (exact) mass is 171 g/mol. The topological polar surface area (TPSA) is 108 Å². The van der Waals surface area contributed by atoms with Crippen LogP contribution in [0.25, 0.3) is 0 Å². The molecule has 0 saturated carbocycles. The van der Waals surface area contributed by atoms with Gasteiger partial charge in [0.05, 0.1) is 0 Å². The van der Waals surface area contributed by atoms with E-state index in [0.29, 0.717) is 0 Å². The van der Waals surface area contributed by atoms with Gasteiger partial charge in [0.2, 0.25) is 0 Å². The lowest BCUT2D eigenvalue weighted by molar-refractivity contribution is -0.133. The molecule has 0 radical (unpaired) electrons. The molecule has 1 atom stereocenters. The molecule has 0 spiro atoms. The van der Waals surface area contributed by atoms with Crippen molar-refractivity contribution in [1.29, 1.82) is 0 Å². The minimum atomic E-state index is -4.08. The Morgan fingerprint density at radius 1 is 1.60 bits per heavy atom. The fourth-order valence-corrected chi connectivity index (χ4v) is 0.599. The first-order valence-corrected chi connectivity index (χ1v) is 3.56. The summed E-state index contributed by atoms with van der Waals surface area (Å²) in [6.45, 7) is 1.02. The molecule has 0 aliphatic rings. The average Bonchev–Trinajstić information content (AvgIpc) is 1.63. The van der Waals surface area contributed by atoms with Crippen molar-refractivity contribution in [2.75, 3.05) is 7.11 Å². The van der Waals surface area contributed by atoms with Crippen LogP contribution < -0.4 is 6.15 Å². The van der Waals surface area contributed by atoms with Crippen LogP contribution >= 0.6 is 7.82 Å². The quantitative estimate of drug-likeness (QED) is 0.584. The van der Waals surface area contributed by atoms with Crippen molar-refractivity contribution in [3.8, 4) is 0 Å². The van der Waals surface area contributed by atoms with Gasteiger partial charge in [-0.2, -0.15) is 0 Å². The second kappa shape index (κ2) is 4.40. The molecule has 7 heteroatoms. The van der Waals surface area contributed by atoms with Gasteiger partial charge in [0.1, 0.15) is 0 Å². The van der Waals surface area contributed by atoms with Gasteiger partial charge >= 0.3 is 13.8 Å². The Hall–Kier alpha value is -0.420. The fraction of sp³-hybridized carbons (Fsp3) is 0.667. The van der Waals surface area contributed by atoms with Gasteiger partial charge < -0.3 is 10.7 Å². The third-order valence-corrected chi connectivity index (χ3v) is 1.42. The van der Waals surface area contributed by atoms with E-state index in [-0.39, 0.29) is 6.15 Å². The van der Waals surface area contributed by atoms with Crippen LogP contribution in [-0.2, 0) is 18.4 Å². The van der Waals surface area contributed by atoms with Crippen LogP contribution in [0.1, 0.15) is 6.92 Å². The second-order valence-corrected chi connectivity index (χ2v) is 2.72. The predicted octanol–water partition coefficient (Wildman–Crippen LogP) is 0.458. The fourth-order valence-electron chi connectivity index (χ4n) is 0.200. The molecule has 0 aromatic carbocycles. The third kappa shape index (κ3) is 5.71. The highest BCUT2D eigenvalue weighted by molar-refractivity contribution is 7.47. The molecule has 10 heavy (non-hydrogen) atoms. The Morgan fingerprint density at radius 3 is 2.10 bits per heavy atom. The predicted molar refractivity (Wildman–Crippen MR) is 33.6 cm³/mol. The molecular weight excluding hydrogens is 161 g/mol. The SMILES string of the molecule is COP(=O)(O)OC(C)=O.N. The van der Waals surface area contributed by atoms with Crippen LogP contribution in [0.3, 0.4) is 0 Å². The van der Waals surface area contributed by atoms with Crippen molar-refractivity contribution < 1.29 is 23.3 Å². The summed E-state index contributed by atoms with van der Waals surface area (Å²) in [6.07, 6.45) is 0. The number of hydrogen-bond donors (Lipinski definition) is 2. The zero-order valence-corrected chi connectivity index (χ0v) is 6.63. The summed E-state index contributed by atoms with van der Waals surface area (Å²) in [5.41, 5.74) is 0. The van der Waals surface area contributed by atoms with E-state index in [1.54, 1.807) is 0 Å². The number of hydrogen-bond acceptors (Lipinski definition) is 5. The molecule has 1 unspecified atom stereocenters. The van der Waals surface area contributed by atoms with Crippen LogP contribution in [0.4, 0.5) is 0 Å². The van der Waals surface area contributed by atoms with Crippen LogP contribution in [0.5, 0.6) is 0 Å². The van der Waals surface area contributed by atoms with Gasteiger partial charge in [-0.15, -0.1) is 0 Å². The van der Waals surface area contributed by atoms with Gasteiger partial charge in [0.15, 0.2) is 0 Å². The molecule has 4 N–H and O–H groups in total. The first-order chi connectivity index (χ1) is 3.98. The summed E-state index contributed by atoms with van der Waals surface area (Å²) >= 11 is 0. The van der Waals surface area contributed by atoms with Crippen molar-refractivity contribution in [2.45, 2.75) is 6.92 Å². The average molecular weight is 171 g/mol. The lowest BCUT2D eigenvalue weighted by Crippen LogP contribution is -1.96. The van der Waals surface area contributed by atoms with Gasteiger partial charge in [0.25, 0.3) is 0 Å². The molecule has 0 aromatic rings. The minimum Gasteiger partial charge on any atom is -0.371 e. The maximum absolute atomic E-state index is 10.3. The smallest absolute Gasteiger partial charge is 0.371 e. The first kappa shape index (κ1) is 12.3. The maximum atomic E-state index is 10.3. The number of carbonyl (C=O) groups is 1. The zero-order valence-electron chi connectivity index (χ0n) is 5.73. The lowest BCUT2D eigenvalue weighted by Gasteiger charge is -2.04. The van der Waals surface area contributed by atoms with Crippen LogP contribution in [0.2, 0.25) is 0 Å². The van der Waals surface area contributed by atoms with E-state index in [2.05, 4.69) is 9.05 Å². The van der Waals surface area contributed by atoms with Gasteiger partial charge in [0, 0.05) is 14.0 Å². The number of phosphoric acid groups is 1. The van der Waals surface area contributed by atoms with Gasteiger partial charge in [-0.1, -0.05) is 0 Å². The molecule has 0 saturated heterocycles. The van der Waals surface area contributed by atoms with Crippen LogP contribution in [0, 0.1) is 0 Å². The number of rotatable bonds is 2. The van der Waals surface area contributed by atoms with Crippen molar-refractivity contribution in [3.63, 3.8) is 0 Å². The second-order valence-electron chi connectivity index (χ2n) is 1.23. The van der Waals surface area contributed by atoms with Crippen molar-refractivity contribution in [3.05, 3.63) is 0 Å². The van der Waals surface area contributed by atoms with Crippen molar-refractivity contribution in [2.24, 2.45) is 0 Å². The van der Waals surface area contributed by atoms with E-state index in [9.17, 15) is 9.36 Å². The summed E-state index contributed by atoms with van der Waals surface area (Å²) in [6, 6.07) is 0. The summed E-state index contributed by atoms with van der Waals surface area (Å²) in [5, 5.41) is 0. The summed E-state index contributed by atoms with van der Waals surface area (Å²) < 4.78 is 18.0. The van der Waals surface area contributed by atoms with E-state index in [1.807, 2.05) is 0 Å². The summed E-state index contributed by atoms with van der Waals surface area (Å²) in [5.74, 6) is -0.845. The van der Waals surface area contributed by atoms with E-state index in [1.165, 1.54) is 0 Å². The Labute approximate surface area is 58.3 Å². The maximum Gasteiger partial charge on any atom is 0.529 e. The van der Waals surface area contributed by atoms with Crippen molar-refractivity contribution in [1.82, 2.24) is 6.15 Å². The Balaban J connectivity index is 0. The molecule has 0 aliphatic heterocycles. The number of phosphoric ester groups is 1. The largest absolute Gasteiger partial charge is 0.529 e. The van der Waals surface area contributed by atoms with Crippen LogP contribution in [-0.4, -0.2) is 18.0 Å². The summed E-state index contributed by atoms with van der Waals surface area (Å²) in [7, 11) is -3.10.